The Morgan fingerprint density at radius 2 is 1.95 bits per heavy atom. The zero-order chi connectivity index (χ0) is 16.2. The SMILES string of the molecule is Cc1ccc(Br)cc1C(=O)NC(CC(=O)O)CC(C)(C)C. The summed E-state index contributed by atoms with van der Waals surface area (Å²) in [6.07, 6.45) is 0.536. The number of rotatable bonds is 5. The lowest BCUT2D eigenvalue weighted by atomic mass is 9.87. The van der Waals surface area contributed by atoms with Crippen LogP contribution in [0.3, 0.4) is 0 Å². The highest BCUT2D eigenvalue weighted by molar-refractivity contribution is 9.10. The normalized spacial score (nSPS) is 12.8. The number of nitrogens with one attached hydrogen (secondary N) is 1. The standard InChI is InChI=1S/C16H22BrNO3/c1-10-5-6-11(17)7-13(10)15(21)18-12(8-14(19)20)9-16(2,3)4/h5-7,12H,8-9H2,1-4H3,(H,18,21)(H,19,20). The van der Waals surface area contributed by atoms with Crippen LogP contribution in [0.5, 0.6) is 0 Å². The summed E-state index contributed by atoms with van der Waals surface area (Å²) < 4.78 is 0.823. The van der Waals surface area contributed by atoms with Crippen LogP contribution in [0.25, 0.3) is 0 Å². The Morgan fingerprint density at radius 1 is 1.33 bits per heavy atom. The predicted octanol–water partition coefficient (Wildman–Crippen LogP) is 3.77. The van der Waals surface area contributed by atoms with Crippen LogP contribution in [0.2, 0.25) is 0 Å². The number of amides is 1. The molecule has 0 aliphatic carbocycles. The topological polar surface area (TPSA) is 66.4 Å². The third kappa shape index (κ3) is 6.29. The minimum absolute atomic E-state index is 0.0558. The summed E-state index contributed by atoms with van der Waals surface area (Å²) in [6, 6.07) is 5.10. The average Bonchev–Trinajstić information content (AvgIpc) is 2.28. The van der Waals surface area contributed by atoms with Gasteiger partial charge < -0.3 is 10.4 Å². The minimum atomic E-state index is -0.907. The third-order valence-electron chi connectivity index (χ3n) is 3.06. The Bertz CT molecular complexity index is 535. The number of carboxylic acids is 1. The van der Waals surface area contributed by atoms with E-state index in [4.69, 9.17) is 5.11 Å². The molecule has 2 N–H and O–H groups in total. The van der Waals surface area contributed by atoms with Crippen molar-refractivity contribution in [2.45, 2.75) is 46.6 Å². The molecule has 5 heteroatoms. The van der Waals surface area contributed by atoms with Gasteiger partial charge in [-0.3, -0.25) is 9.59 Å². The molecule has 0 heterocycles. The number of benzene rings is 1. The molecule has 0 aliphatic heterocycles. The number of carbonyl (C=O) groups excluding carboxylic acids is 1. The quantitative estimate of drug-likeness (QED) is 0.844. The fraction of sp³-hybridized carbons (Fsp3) is 0.500. The zero-order valence-corrected chi connectivity index (χ0v) is 14.5. The largest absolute Gasteiger partial charge is 0.481 e. The Hall–Kier alpha value is -1.36. The monoisotopic (exact) mass is 355 g/mol. The van der Waals surface area contributed by atoms with Gasteiger partial charge in [0.15, 0.2) is 0 Å². The van der Waals surface area contributed by atoms with Crippen molar-refractivity contribution in [3.63, 3.8) is 0 Å². The van der Waals surface area contributed by atoms with Crippen molar-refractivity contribution in [3.8, 4) is 0 Å². The van der Waals surface area contributed by atoms with Crippen LogP contribution in [0.4, 0.5) is 0 Å². The third-order valence-corrected chi connectivity index (χ3v) is 3.55. The average molecular weight is 356 g/mol. The minimum Gasteiger partial charge on any atom is -0.481 e. The number of aryl methyl sites for hydroxylation is 1. The van der Waals surface area contributed by atoms with Crippen molar-refractivity contribution >= 4 is 27.8 Å². The van der Waals surface area contributed by atoms with Crippen LogP contribution in [-0.2, 0) is 4.79 Å². The maximum Gasteiger partial charge on any atom is 0.305 e. The molecule has 0 saturated heterocycles. The molecule has 0 spiro atoms. The highest BCUT2D eigenvalue weighted by atomic mass is 79.9. The Kier molecular flexibility index (Phi) is 5.96. The van der Waals surface area contributed by atoms with E-state index in [2.05, 4.69) is 21.2 Å². The van der Waals surface area contributed by atoms with Crippen molar-refractivity contribution in [3.05, 3.63) is 33.8 Å². The van der Waals surface area contributed by atoms with Gasteiger partial charge in [-0.2, -0.15) is 0 Å². The van der Waals surface area contributed by atoms with Crippen LogP contribution in [0, 0.1) is 12.3 Å². The van der Waals surface area contributed by atoms with Crippen LogP contribution in [0.15, 0.2) is 22.7 Å². The van der Waals surface area contributed by atoms with Gasteiger partial charge >= 0.3 is 5.97 Å². The number of carboxylic acid groups (broad SMARTS) is 1. The van der Waals surface area contributed by atoms with Gasteiger partial charge in [0.2, 0.25) is 0 Å². The Labute approximate surface area is 134 Å². The highest BCUT2D eigenvalue weighted by Gasteiger charge is 2.23. The van der Waals surface area contributed by atoms with Crippen molar-refractivity contribution in [1.82, 2.24) is 5.32 Å². The molecule has 0 fully saturated rings. The lowest BCUT2D eigenvalue weighted by Crippen LogP contribution is -2.39. The van der Waals surface area contributed by atoms with E-state index in [0.717, 1.165) is 10.0 Å². The van der Waals surface area contributed by atoms with Gasteiger partial charge in [-0.15, -0.1) is 0 Å². The number of aliphatic carboxylic acids is 1. The number of hydrogen-bond acceptors (Lipinski definition) is 2. The van der Waals surface area contributed by atoms with E-state index in [1.807, 2.05) is 39.8 Å². The van der Waals surface area contributed by atoms with Gasteiger partial charge in [0.1, 0.15) is 0 Å². The van der Waals surface area contributed by atoms with Gasteiger partial charge in [-0.1, -0.05) is 42.8 Å². The molecule has 21 heavy (non-hydrogen) atoms. The first-order valence-corrected chi connectivity index (χ1v) is 7.66. The van der Waals surface area contributed by atoms with Crippen molar-refractivity contribution in [2.24, 2.45) is 5.41 Å². The number of halogens is 1. The molecule has 1 aromatic carbocycles. The molecular formula is C16H22BrNO3. The fourth-order valence-electron chi connectivity index (χ4n) is 2.23. The summed E-state index contributed by atoms with van der Waals surface area (Å²) in [6.45, 7) is 7.94. The van der Waals surface area contributed by atoms with E-state index in [-0.39, 0.29) is 23.8 Å². The smallest absolute Gasteiger partial charge is 0.305 e. The lowest BCUT2D eigenvalue weighted by Gasteiger charge is -2.26. The molecule has 1 amide bonds. The van der Waals surface area contributed by atoms with Crippen molar-refractivity contribution in [2.75, 3.05) is 0 Å². The van der Waals surface area contributed by atoms with Crippen LogP contribution >= 0.6 is 15.9 Å². The molecular weight excluding hydrogens is 334 g/mol. The van der Waals surface area contributed by atoms with E-state index in [1.54, 1.807) is 6.07 Å². The van der Waals surface area contributed by atoms with Crippen LogP contribution in [-0.4, -0.2) is 23.0 Å². The van der Waals surface area contributed by atoms with Gasteiger partial charge in [-0.25, -0.2) is 0 Å². The molecule has 0 bridgehead atoms. The van der Waals surface area contributed by atoms with E-state index >= 15 is 0 Å². The molecule has 0 aliphatic rings. The molecule has 1 aromatic rings. The molecule has 4 nitrogen and oxygen atoms in total. The second-order valence-electron chi connectivity index (χ2n) is 6.49. The first kappa shape index (κ1) is 17.7. The number of hydrogen-bond donors (Lipinski definition) is 2. The molecule has 1 rings (SSSR count). The summed E-state index contributed by atoms with van der Waals surface area (Å²) >= 11 is 3.35. The first-order valence-electron chi connectivity index (χ1n) is 6.87. The van der Waals surface area contributed by atoms with Gasteiger partial charge in [0.05, 0.1) is 6.42 Å². The molecule has 0 radical (unpaired) electrons. The molecule has 116 valence electrons. The van der Waals surface area contributed by atoms with Crippen molar-refractivity contribution in [1.29, 1.82) is 0 Å². The predicted molar refractivity (Wildman–Crippen MR) is 86.5 cm³/mol. The van der Waals surface area contributed by atoms with Gasteiger partial charge in [-0.05, 0) is 36.5 Å². The lowest BCUT2D eigenvalue weighted by molar-refractivity contribution is -0.137. The maximum atomic E-state index is 12.4. The van der Waals surface area contributed by atoms with Gasteiger partial charge in [0, 0.05) is 16.1 Å². The highest BCUT2D eigenvalue weighted by Crippen LogP contribution is 2.23. The van der Waals surface area contributed by atoms with E-state index in [1.165, 1.54) is 0 Å². The summed E-state index contributed by atoms with van der Waals surface area (Å²) in [5, 5.41) is 11.9. The Morgan fingerprint density at radius 3 is 2.48 bits per heavy atom. The Balaban J connectivity index is 2.89. The summed E-state index contributed by atoms with van der Waals surface area (Å²) in [4.78, 5) is 23.3. The van der Waals surface area contributed by atoms with Crippen LogP contribution < -0.4 is 5.32 Å². The molecule has 1 atom stereocenters. The summed E-state index contributed by atoms with van der Waals surface area (Å²) in [5.74, 6) is -1.14. The van der Waals surface area contributed by atoms with Crippen molar-refractivity contribution < 1.29 is 14.7 Å². The van der Waals surface area contributed by atoms with Crippen LogP contribution in [0.1, 0.15) is 49.5 Å². The molecule has 1 unspecified atom stereocenters. The van der Waals surface area contributed by atoms with Gasteiger partial charge in [0.25, 0.3) is 5.91 Å². The molecule has 0 saturated carbocycles. The summed E-state index contributed by atoms with van der Waals surface area (Å²) in [5.41, 5.74) is 1.37. The van der Waals surface area contributed by atoms with E-state index in [9.17, 15) is 9.59 Å². The number of carbonyl (C=O) groups is 2. The maximum absolute atomic E-state index is 12.4. The second kappa shape index (κ2) is 7.07. The van der Waals surface area contributed by atoms with E-state index in [0.29, 0.717) is 12.0 Å². The fourth-order valence-corrected chi connectivity index (χ4v) is 2.59. The molecule has 0 aromatic heterocycles. The zero-order valence-electron chi connectivity index (χ0n) is 12.9. The summed E-state index contributed by atoms with van der Waals surface area (Å²) in [7, 11) is 0. The second-order valence-corrected chi connectivity index (χ2v) is 7.41. The van der Waals surface area contributed by atoms with E-state index < -0.39 is 5.97 Å². The first-order chi connectivity index (χ1) is 9.58.